The van der Waals surface area contributed by atoms with E-state index in [2.05, 4.69) is 55.5 Å². The van der Waals surface area contributed by atoms with E-state index in [4.69, 9.17) is 14.6 Å². The van der Waals surface area contributed by atoms with Gasteiger partial charge in [0.25, 0.3) is 0 Å². The summed E-state index contributed by atoms with van der Waals surface area (Å²) in [5, 5.41) is 18.2. The predicted octanol–water partition coefficient (Wildman–Crippen LogP) is 9.25. The van der Waals surface area contributed by atoms with Crippen LogP contribution < -0.4 is 0 Å². The minimum absolute atomic E-state index is 0.0939. The van der Waals surface area contributed by atoms with Gasteiger partial charge in [-0.2, -0.15) is 0 Å². The first kappa shape index (κ1) is 40.8. The molecule has 0 aliphatic carbocycles. The van der Waals surface area contributed by atoms with E-state index in [1.807, 2.05) is 0 Å². The molecule has 0 rings (SSSR count). The maximum Gasteiger partial charge on any atom is 0.306 e. The summed E-state index contributed by atoms with van der Waals surface area (Å²) in [4.78, 5) is 24.1. The normalized spacial score (nSPS) is 12.7. The molecule has 43 heavy (non-hydrogen) atoms. The van der Waals surface area contributed by atoms with Crippen molar-refractivity contribution in [2.24, 2.45) is 0 Å². The highest BCUT2D eigenvalue weighted by atomic mass is 16.6. The number of ether oxygens (including phenoxy) is 2. The van der Waals surface area contributed by atoms with Gasteiger partial charge in [-0.15, -0.1) is 0 Å². The number of carbonyl (C=O) groups excluding carboxylic acids is 2. The summed E-state index contributed by atoms with van der Waals surface area (Å²) in [6.45, 7) is 2.08. The number of rotatable bonds is 31. The quantitative estimate of drug-likeness (QED) is 0.0465. The van der Waals surface area contributed by atoms with Crippen LogP contribution in [0, 0.1) is 0 Å². The molecule has 0 saturated carbocycles. The van der Waals surface area contributed by atoms with Crippen LogP contribution in [-0.4, -0.2) is 48.1 Å². The summed E-state index contributed by atoms with van der Waals surface area (Å²) < 4.78 is 10.5. The summed E-state index contributed by atoms with van der Waals surface area (Å²) in [5.74, 6) is -0.674. The second-order valence-electron chi connectivity index (χ2n) is 11.3. The van der Waals surface area contributed by atoms with Gasteiger partial charge in [0.05, 0.1) is 6.61 Å². The van der Waals surface area contributed by atoms with E-state index < -0.39 is 6.10 Å². The zero-order valence-corrected chi connectivity index (χ0v) is 27.4. The summed E-state index contributed by atoms with van der Waals surface area (Å²) in [5.41, 5.74) is 0. The van der Waals surface area contributed by atoms with Gasteiger partial charge in [0.15, 0.2) is 6.10 Å². The van der Waals surface area contributed by atoms with Crippen molar-refractivity contribution in [1.82, 2.24) is 0 Å². The van der Waals surface area contributed by atoms with Crippen LogP contribution in [0.4, 0.5) is 0 Å². The lowest BCUT2D eigenvalue weighted by Crippen LogP contribution is -2.28. The average molecular weight is 605 g/mol. The molecule has 0 unspecified atom stereocenters. The first-order valence-electron chi connectivity index (χ1n) is 17.3. The van der Waals surface area contributed by atoms with Crippen molar-refractivity contribution in [2.75, 3.05) is 19.8 Å². The van der Waals surface area contributed by atoms with E-state index in [1.165, 1.54) is 51.4 Å². The van der Waals surface area contributed by atoms with E-state index in [9.17, 15) is 14.7 Å². The van der Waals surface area contributed by atoms with Crippen LogP contribution in [0.3, 0.4) is 0 Å². The molecule has 1 atom stereocenters. The second kappa shape index (κ2) is 34.3. The first-order valence-corrected chi connectivity index (χ1v) is 17.3. The van der Waals surface area contributed by atoms with Crippen LogP contribution in [0.2, 0.25) is 0 Å². The van der Waals surface area contributed by atoms with Crippen molar-refractivity contribution in [1.29, 1.82) is 0 Å². The minimum Gasteiger partial charge on any atom is -0.462 e. The number of hydrogen-bond acceptors (Lipinski definition) is 6. The van der Waals surface area contributed by atoms with Gasteiger partial charge in [-0.25, -0.2) is 0 Å². The average Bonchev–Trinajstić information content (AvgIpc) is 3.01. The molecule has 0 heterocycles. The highest BCUT2D eigenvalue weighted by molar-refractivity contribution is 5.70. The van der Waals surface area contributed by atoms with E-state index in [1.54, 1.807) is 0 Å². The Balaban J connectivity index is 3.70. The van der Waals surface area contributed by atoms with Crippen LogP contribution >= 0.6 is 0 Å². The number of hydrogen-bond donors (Lipinski definition) is 2. The number of aliphatic hydroxyl groups is 2. The number of carbonyl (C=O) groups is 2. The summed E-state index contributed by atoms with van der Waals surface area (Å²) in [6.07, 6.45) is 38.9. The lowest BCUT2D eigenvalue weighted by Gasteiger charge is -2.15. The molecular formula is C37H64O6. The third-order valence-electron chi connectivity index (χ3n) is 7.18. The number of unbranched alkanes of at least 4 members (excludes halogenated alkanes) is 14. The standard InChI is InChI=1S/C37H64O6/c1-2-3-4-5-6-7-15-18-21-24-27-30-36(40)42-34-35(33-39)43-37(41)31-28-25-22-19-16-13-11-9-8-10-12-14-17-20-23-26-29-32-38/h8,10-11,13-14,17,19,22,35,38-39H,2-7,9,12,15-16,18,20-21,23-34H2,1H3/b10-8-,13-11-,17-14-,22-19-/t35-/m0/s1. The SMILES string of the molecule is CCCCCCCCCCCCCC(=O)OC[C@H](CO)OC(=O)CCC/C=C\C/C=C\C/C=C\C/C=C\CCCCCO. The lowest BCUT2D eigenvalue weighted by molar-refractivity contribution is -0.161. The fourth-order valence-electron chi connectivity index (χ4n) is 4.52. The molecule has 0 spiro atoms. The Morgan fingerprint density at radius 3 is 1.56 bits per heavy atom. The van der Waals surface area contributed by atoms with Gasteiger partial charge >= 0.3 is 11.9 Å². The Kier molecular flexibility index (Phi) is 32.6. The van der Waals surface area contributed by atoms with Crippen LogP contribution in [0.5, 0.6) is 0 Å². The van der Waals surface area contributed by atoms with Gasteiger partial charge < -0.3 is 19.7 Å². The molecule has 0 fully saturated rings. The summed E-state index contributed by atoms with van der Waals surface area (Å²) in [6, 6.07) is 0. The Morgan fingerprint density at radius 2 is 1.02 bits per heavy atom. The fourth-order valence-corrected chi connectivity index (χ4v) is 4.52. The van der Waals surface area contributed by atoms with Gasteiger partial charge in [0.2, 0.25) is 0 Å². The molecule has 6 nitrogen and oxygen atoms in total. The Morgan fingerprint density at radius 1 is 0.558 bits per heavy atom. The van der Waals surface area contributed by atoms with Crippen LogP contribution in [-0.2, 0) is 19.1 Å². The second-order valence-corrected chi connectivity index (χ2v) is 11.3. The van der Waals surface area contributed by atoms with Crippen molar-refractivity contribution in [3.63, 3.8) is 0 Å². The highest BCUT2D eigenvalue weighted by Crippen LogP contribution is 2.12. The van der Waals surface area contributed by atoms with E-state index in [-0.39, 0.29) is 31.6 Å². The molecule has 0 aliphatic rings. The molecule has 0 aliphatic heterocycles. The van der Waals surface area contributed by atoms with Crippen molar-refractivity contribution in [2.45, 2.75) is 154 Å². The van der Waals surface area contributed by atoms with Gasteiger partial charge in [-0.1, -0.05) is 126 Å². The number of allylic oxidation sites excluding steroid dienone is 8. The van der Waals surface area contributed by atoms with E-state index in [0.717, 1.165) is 70.6 Å². The molecule has 0 saturated heterocycles. The maximum absolute atomic E-state index is 12.1. The molecule has 0 aromatic heterocycles. The van der Waals surface area contributed by atoms with Crippen molar-refractivity contribution < 1.29 is 29.3 Å². The minimum atomic E-state index is -0.804. The highest BCUT2D eigenvalue weighted by Gasteiger charge is 2.15. The monoisotopic (exact) mass is 604 g/mol. The number of aliphatic hydroxyl groups excluding tert-OH is 2. The Hall–Kier alpha value is -2.18. The number of esters is 2. The van der Waals surface area contributed by atoms with Gasteiger partial charge in [-0.05, 0) is 57.8 Å². The summed E-state index contributed by atoms with van der Waals surface area (Å²) >= 11 is 0. The van der Waals surface area contributed by atoms with Crippen molar-refractivity contribution in [3.8, 4) is 0 Å². The molecular weight excluding hydrogens is 540 g/mol. The first-order chi connectivity index (χ1) is 21.1. The van der Waals surface area contributed by atoms with Crippen LogP contribution in [0.15, 0.2) is 48.6 Å². The van der Waals surface area contributed by atoms with E-state index in [0.29, 0.717) is 19.4 Å². The molecule has 6 heteroatoms. The largest absolute Gasteiger partial charge is 0.462 e. The van der Waals surface area contributed by atoms with Crippen molar-refractivity contribution in [3.05, 3.63) is 48.6 Å². The third-order valence-corrected chi connectivity index (χ3v) is 7.18. The molecule has 0 aromatic rings. The van der Waals surface area contributed by atoms with Crippen LogP contribution in [0.25, 0.3) is 0 Å². The van der Waals surface area contributed by atoms with Gasteiger partial charge in [0, 0.05) is 19.4 Å². The zero-order valence-electron chi connectivity index (χ0n) is 27.4. The predicted molar refractivity (Wildman–Crippen MR) is 179 cm³/mol. The maximum atomic E-state index is 12.1. The molecule has 0 aromatic carbocycles. The van der Waals surface area contributed by atoms with Gasteiger partial charge in [0.1, 0.15) is 6.61 Å². The van der Waals surface area contributed by atoms with Crippen LogP contribution in [0.1, 0.15) is 148 Å². The van der Waals surface area contributed by atoms with Gasteiger partial charge in [-0.3, -0.25) is 9.59 Å². The third kappa shape index (κ3) is 32.6. The Bertz CT molecular complexity index is 739. The fraction of sp³-hybridized carbons (Fsp3) is 0.730. The smallest absolute Gasteiger partial charge is 0.306 e. The molecule has 248 valence electrons. The lowest BCUT2D eigenvalue weighted by atomic mass is 10.1. The van der Waals surface area contributed by atoms with E-state index >= 15 is 0 Å². The topological polar surface area (TPSA) is 93.1 Å². The molecule has 0 bridgehead atoms. The zero-order chi connectivity index (χ0) is 31.5. The Labute approximate surface area is 263 Å². The van der Waals surface area contributed by atoms with Crippen molar-refractivity contribution >= 4 is 11.9 Å². The summed E-state index contributed by atoms with van der Waals surface area (Å²) in [7, 11) is 0. The molecule has 0 amide bonds. The molecule has 0 radical (unpaired) electrons. The molecule has 2 N–H and O–H groups in total.